The summed E-state index contributed by atoms with van der Waals surface area (Å²) >= 11 is 16.6. The van der Waals surface area contributed by atoms with Crippen LogP contribution < -0.4 is 10.6 Å². The van der Waals surface area contributed by atoms with Gasteiger partial charge in [-0.05, 0) is 71.2 Å². The third kappa shape index (κ3) is 6.63. The van der Waals surface area contributed by atoms with Crippen LogP contribution in [-0.4, -0.2) is 32.3 Å². The van der Waals surface area contributed by atoms with Crippen molar-refractivity contribution in [3.05, 3.63) is 80.0 Å². The van der Waals surface area contributed by atoms with E-state index < -0.39 is 0 Å². The van der Waals surface area contributed by atoms with Gasteiger partial charge in [-0.15, -0.1) is 16.8 Å². The lowest BCUT2D eigenvalue weighted by atomic mass is 10.1. The van der Waals surface area contributed by atoms with Gasteiger partial charge in [-0.1, -0.05) is 41.0 Å². The summed E-state index contributed by atoms with van der Waals surface area (Å²) in [5.41, 5.74) is 3.32. The molecule has 0 unspecified atom stereocenters. The Balaban J connectivity index is 1.63. The van der Waals surface area contributed by atoms with Gasteiger partial charge in [-0.3, -0.25) is 9.59 Å². The molecule has 178 valence electrons. The Bertz CT molecular complexity index is 1250. The average molecular weight is 583 g/mol. The first-order valence-corrected chi connectivity index (χ1v) is 12.7. The van der Waals surface area contributed by atoms with Crippen LogP contribution in [-0.2, 0) is 17.9 Å². The Morgan fingerprint density at radius 3 is 2.59 bits per heavy atom. The molecule has 0 aliphatic heterocycles. The summed E-state index contributed by atoms with van der Waals surface area (Å²) in [5, 5.41) is 15.3. The number of hydrogen-bond donors (Lipinski definition) is 2. The van der Waals surface area contributed by atoms with E-state index >= 15 is 0 Å². The second-order valence-corrected chi connectivity index (χ2v) is 9.97. The minimum atomic E-state index is -0.320. The minimum absolute atomic E-state index is 0.141. The summed E-state index contributed by atoms with van der Waals surface area (Å²) in [5.74, 6) is 0.188. The first-order chi connectivity index (χ1) is 16.2. The van der Waals surface area contributed by atoms with Crippen LogP contribution in [0.15, 0.2) is 52.6 Å². The van der Waals surface area contributed by atoms with E-state index in [0.29, 0.717) is 38.8 Å². The van der Waals surface area contributed by atoms with Gasteiger partial charge in [0, 0.05) is 16.6 Å². The van der Waals surface area contributed by atoms with Gasteiger partial charge in [0.25, 0.3) is 5.91 Å². The molecule has 0 bridgehead atoms. The van der Waals surface area contributed by atoms with E-state index in [1.807, 2.05) is 26.0 Å². The number of amides is 2. The van der Waals surface area contributed by atoms with Crippen molar-refractivity contribution >= 4 is 68.4 Å². The van der Waals surface area contributed by atoms with Gasteiger partial charge in [0.15, 0.2) is 11.0 Å². The summed E-state index contributed by atoms with van der Waals surface area (Å²) < 4.78 is 2.62. The van der Waals surface area contributed by atoms with Crippen LogP contribution in [0.5, 0.6) is 0 Å². The maximum atomic E-state index is 12.5. The fourth-order valence-electron chi connectivity index (χ4n) is 2.96. The predicted octanol–water partition coefficient (Wildman–Crippen LogP) is 5.81. The molecule has 0 aliphatic carbocycles. The number of rotatable bonds is 9. The molecular weight excluding hydrogens is 561 g/mol. The number of nitrogens with zero attached hydrogens (tertiary/aromatic N) is 3. The molecule has 7 nitrogen and oxygen atoms in total. The second kappa shape index (κ2) is 11.9. The number of halogens is 3. The van der Waals surface area contributed by atoms with Crippen molar-refractivity contribution in [1.29, 1.82) is 0 Å². The molecule has 34 heavy (non-hydrogen) atoms. The van der Waals surface area contributed by atoms with Crippen LogP contribution in [0.1, 0.15) is 27.3 Å². The van der Waals surface area contributed by atoms with Crippen LogP contribution in [0.2, 0.25) is 10.0 Å². The Labute approximate surface area is 220 Å². The Morgan fingerprint density at radius 2 is 1.88 bits per heavy atom. The van der Waals surface area contributed by atoms with Gasteiger partial charge in [0.2, 0.25) is 5.91 Å². The number of aromatic nitrogens is 3. The molecule has 1 aromatic heterocycles. The van der Waals surface area contributed by atoms with Crippen molar-refractivity contribution in [3.8, 4) is 0 Å². The molecule has 11 heteroatoms. The number of thioether (sulfide) groups is 1. The number of allylic oxidation sites excluding steroid dienone is 1. The molecule has 0 saturated carbocycles. The molecule has 0 radical (unpaired) electrons. The van der Waals surface area contributed by atoms with Crippen LogP contribution in [0.25, 0.3) is 0 Å². The smallest absolute Gasteiger partial charge is 0.251 e. The van der Waals surface area contributed by atoms with Crippen molar-refractivity contribution in [1.82, 2.24) is 20.1 Å². The first kappa shape index (κ1) is 26.3. The maximum Gasteiger partial charge on any atom is 0.251 e. The number of hydrogen-bond acceptors (Lipinski definition) is 5. The lowest BCUT2D eigenvalue weighted by molar-refractivity contribution is -0.113. The summed E-state index contributed by atoms with van der Waals surface area (Å²) in [6, 6.07) is 8.55. The highest BCUT2D eigenvalue weighted by Crippen LogP contribution is 2.27. The third-order valence-electron chi connectivity index (χ3n) is 4.88. The zero-order valence-corrected chi connectivity index (χ0v) is 22.4. The Morgan fingerprint density at radius 1 is 1.15 bits per heavy atom. The normalized spacial score (nSPS) is 10.7. The number of carbonyl (C=O) groups excluding carboxylic acids is 2. The van der Waals surface area contributed by atoms with Crippen LogP contribution in [0, 0.1) is 13.8 Å². The average Bonchev–Trinajstić information content (AvgIpc) is 3.18. The van der Waals surface area contributed by atoms with Gasteiger partial charge in [0.05, 0.1) is 28.0 Å². The number of nitrogens with one attached hydrogen (secondary N) is 2. The predicted molar refractivity (Wildman–Crippen MR) is 141 cm³/mol. The van der Waals surface area contributed by atoms with Crippen molar-refractivity contribution < 1.29 is 9.59 Å². The number of aryl methyl sites for hydroxylation is 2. The van der Waals surface area contributed by atoms with Crippen molar-refractivity contribution in [2.45, 2.75) is 32.1 Å². The van der Waals surface area contributed by atoms with Crippen molar-refractivity contribution in [2.24, 2.45) is 0 Å². The van der Waals surface area contributed by atoms with E-state index in [1.54, 1.807) is 22.8 Å². The zero-order chi connectivity index (χ0) is 24.8. The lowest BCUT2D eigenvalue weighted by Crippen LogP contribution is -2.25. The molecule has 3 aromatic rings. The molecule has 2 aromatic carbocycles. The molecule has 0 saturated heterocycles. The Kier molecular flexibility index (Phi) is 9.18. The molecule has 2 N–H and O–H groups in total. The van der Waals surface area contributed by atoms with E-state index in [4.69, 9.17) is 23.2 Å². The van der Waals surface area contributed by atoms with Gasteiger partial charge < -0.3 is 15.2 Å². The minimum Gasteiger partial charge on any atom is -0.345 e. The lowest BCUT2D eigenvalue weighted by Gasteiger charge is -2.11. The number of benzene rings is 2. The zero-order valence-electron chi connectivity index (χ0n) is 18.5. The second-order valence-electron chi connectivity index (χ2n) is 7.36. The highest BCUT2D eigenvalue weighted by Gasteiger charge is 2.16. The Hall–Kier alpha value is -2.33. The monoisotopic (exact) mass is 581 g/mol. The number of carbonyl (C=O) groups is 2. The van der Waals surface area contributed by atoms with Crippen LogP contribution in [0.3, 0.4) is 0 Å². The van der Waals surface area contributed by atoms with Gasteiger partial charge >= 0.3 is 0 Å². The highest BCUT2D eigenvalue weighted by atomic mass is 79.9. The molecule has 0 atom stereocenters. The van der Waals surface area contributed by atoms with E-state index in [1.165, 1.54) is 17.8 Å². The third-order valence-corrected chi connectivity index (χ3v) is 7.25. The van der Waals surface area contributed by atoms with Crippen molar-refractivity contribution in [3.63, 3.8) is 0 Å². The van der Waals surface area contributed by atoms with Gasteiger partial charge in [-0.25, -0.2) is 0 Å². The van der Waals surface area contributed by atoms with Crippen molar-refractivity contribution in [2.75, 3.05) is 11.1 Å². The molecule has 1 heterocycles. The van der Waals surface area contributed by atoms with E-state index in [0.717, 1.165) is 15.6 Å². The number of anilines is 1. The van der Waals surface area contributed by atoms with E-state index in [9.17, 15) is 9.59 Å². The van der Waals surface area contributed by atoms with Gasteiger partial charge in [-0.2, -0.15) is 0 Å². The largest absolute Gasteiger partial charge is 0.345 e. The van der Waals surface area contributed by atoms with E-state index in [2.05, 4.69) is 43.3 Å². The quantitative estimate of drug-likeness (QED) is 0.245. The maximum absolute atomic E-state index is 12.5. The van der Waals surface area contributed by atoms with Crippen LogP contribution >= 0.6 is 50.9 Å². The van der Waals surface area contributed by atoms with E-state index in [-0.39, 0.29) is 24.1 Å². The first-order valence-electron chi connectivity index (χ1n) is 10.1. The molecule has 0 fully saturated rings. The molecular formula is C23H22BrCl2N5O2S. The summed E-state index contributed by atoms with van der Waals surface area (Å²) in [4.78, 5) is 25.0. The standard InChI is InChI=1S/C23H22BrCl2N5O2S/c1-4-7-31-20(11-27-22(33)15-5-6-17(25)18(26)10-15)29-30-23(31)34-12-21(32)28-19-9-14(3)13(2)8-16(19)24/h4-6,8-10H,1,7,11-12H2,2-3H3,(H,27,33)(H,28,32). The summed E-state index contributed by atoms with van der Waals surface area (Å²) in [6.07, 6.45) is 1.70. The van der Waals surface area contributed by atoms with Gasteiger partial charge in [0.1, 0.15) is 0 Å². The SMILES string of the molecule is C=CCn1c(CNC(=O)c2ccc(Cl)c(Cl)c2)nnc1SCC(=O)Nc1cc(C)c(C)cc1Br. The molecule has 0 spiro atoms. The topological polar surface area (TPSA) is 88.9 Å². The fourth-order valence-corrected chi connectivity index (χ4v) is 4.58. The summed E-state index contributed by atoms with van der Waals surface area (Å²) in [6.45, 7) is 8.34. The summed E-state index contributed by atoms with van der Waals surface area (Å²) in [7, 11) is 0. The fraction of sp³-hybridized carbons (Fsp3) is 0.217. The molecule has 2 amide bonds. The molecule has 0 aliphatic rings. The molecule has 3 rings (SSSR count). The van der Waals surface area contributed by atoms with Crippen LogP contribution in [0.4, 0.5) is 5.69 Å². The highest BCUT2D eigenvalue weighted by molar-refractivity contribution is 9.10.